The predicted octanol–water partition coefficient (Wildman–Crippen LogP) is 2.20. The van der Waals surface area contributed by atoms with Crippen LogP contribution in [0, 0.1) is 0 Å². The van der Waals surface area contributed by atoms with Gasteiger partial charge in [0.2, 0.25) is 11.0 Å². The number of nitrogens with zero attached hydrogens (tertiary/aromatic N) is 2. The number of hydrogen-bond donors (Lipinski definition) is 2. The Kier molecular flexibility index (Phi) is 4.94. The van der Waals surface area contributed by atoms with Crippen LogP contribution in [-0.4, -0.2) is 30.9 Å². The average Bonchev–Trinajstić information content (AvgIpc) is 2.87. The molecule has 0 bridgehead atoms. The lowest BCUT2D eigenvalue weighted by Crippen LogP contribution is -2.17. The van der Waals surface area contributed by atoms with E-state index in [4.69, 9.17) is 0 Å². The summed E-state index contributed by atoms with van der Waals surface area (Å²) in [5.74, 6) is -0.933. The summed E-state index contributed by atoms with van der Waals surface area (Å²) in [5, 5.41) is 9.20. The van der Waals surface area contributed by atoms with Crippen molar-refractivity contribution in [1.29, 1.82) is 0 Å². The first-order valence-corrected chi connectivity index (χ1v) is 8.35. The van der Waals surface area contributed by atoms with Crippen LogP contribution in [0.4, 0.5) is 24.0 Å². The summed E-state index contributed by atoms with van der Waals surface area (Å²) in [6.45, 7) is 1.22. The van der Waals surface area contributed by atoms with Gasteiger partial charge in [-0.1, -0.05) is 11.3 Å². The molecule has 0 spiro atoms. The highest BCUT2D eigenvalue weighted by molar-refractivity contribution is 7.94. The third-order valence-corrected chi connectivity index (χ3v) is 4.85. The summed E-state index contributed by atoms with van der Waals surface area (Å²) in [4.78, 5) is 10.9. The zero-order valence-electron chi connectivity index (χ0n) is 11.8. The molecule has 0 unspecified atom stereocenters. The van der Waals surface area contributed by atoms with Crippen molar-refractivity contribution in [3.05, 3.63) is 24.3 Å². The van der Waals surface area contributed by atoms with Gasteiger partial charge >= 0.3 is 6.36 Å². The molecule has 1 aromatic carbocycles. The second-order valence-electron chi connectivity index (χ2n) is 4.23. The molecule has 1 aromatic heterocycles. The zero-order chi connectivity index (χ0) is 18.0. The lowest BCUT2D eigenvalue weighted by Gasteiger charge is -2.09. The molecule has 0 saturated heterocycles. The van der Waals surface area contributed by atoms with Gasteiger partial charge in [-0.05, 0) is 24.3 Å². The fourth-order valence-corrected chi connectivity index (χ4v) is 3.45. The van der Waals surface area contributed by atoms with Crippen LogP contribution in [0.5, 0.6) is 5.75 Å². The lowest BCUT2D eigenvalue weighted by atomic mass is 10.3. The Bertz CT molecular complexity index is 834. The van der Waals surface area contributed by atoms with Crippen molar-refractivity contribution in [2.45, 2.75) is 17.6 Å². The second kappa shape index (κ2) is 6.60. The molecule has 24 heavy (non-hydrogen) atoms. The van der Waals surface area contributed by atoms with E-state index in [-0.39, 0.29) is 10.8 Å². The maximum atomic E-state index is 12.1. The molecule has 2 N–H and O–H groups in total. The SMILES string of the molecule is CC(=O)Nc1nnc(S(=O)(=O)Nc2ccc(OC(F)(F)F)cc2)s1. The largest absolute Gasteiger partial charge is 0.573 e. The number of carbonyl (C=O) groups excluding carboxylic acids is 1. The summed E-state index contributed by atoms with van der Waals surface area (Å²) < 4.78 is 65.7. The number of sulfonamides is 1. The molecule has 2 rings (SSSR count). The molecular formula is C11H9F3N4O4S2. The fourth-order valence-electron chi connectivity index (χ4n) is 1.44. The van der Waals surface area contributed by atoms with Crippen molar-refractivity contribution in [3.8, 4) is 5.75 Å². The van der Waals surface area contributed by atoms with E-state index < -0.39 is 32.4 Å². The van der Waals surface area contributed by atoms with Crippen LogP contribution < -0.4 is 14.8 Å². The first-order chi connectivity index (χ1) is 11.0. The molecule has 0 aliphatic rings. The van der Waals surface area contributed by atoms with Crippen molar-refractivity contribution >= 4 is 38.1 Å². The summed E-state index contributed by atoms with van der Waals surface area (Å²) in [6.07, 6.45) is -4.84. The molecule has 130 valence electrons. The van der Waals surface area contributed by atoms with Crippen LogP contribution >= 0.6 is 11.3 Å². The van der Waals surface area contributed by atoms with Gasteiger partial charge in [0.15, 0.2) is 0 Å². The summed E-state index contributed by atoms with van der Waals surface area (Å²) in [6, 6.07) is 4.09. The van der Waals surface area contributed by atoms with Gasteiger partial charge < -0.3 is 10.1 Å². The van der Waals surface area contributed by atoms with Gasteiger partial charge in [-0.15, -0.1) is 23.4 Å². The number of carbonyl (C=O) groups is 1. The van der Waals surface area contributed by atoms with Crippen molar-refractivity contribution < 1.29 is 31.1 Å². The lowest BCUT2D eigenvalue weighted by molar-refractivity contribution is -0.274. The van der Waals surface area contributed by atoms with Crippen LogP contribution in [0.25, 0.3) is 0 Å². The van der Waals surface area contributed by atoms with E-state index in [0.717, 1.165) is 24.3 Å². The smallest absolute Gasteiger partial charge is 0.406 e. The van der Waals surface area contributed by atoms with Gasteiger partial charge in [-0.3, -0.25) is 9.52 Å². The summed E-state index contributed by atoms with van der Waals surface area (Å²) in [7, 11) is -4.10. The molecule has 0 aliphatic carbocycles. The minimum Gasteiger partial charge on any atom is -0.406 e. The minimum atomic E-state index is -4.84. The Morgan fingerprint density at radius 3 is 2.38 bits per heavy atom. The van der Waals surface area contributed by atoms with E-state index >= 15 is 0 Å². The van der Waals surface area contributed by atoms with Gasteiger partial charge in [0.05, 0.1) is 0 Å². The molecule has 0 atom stereocenters. The maximum absolute atomic E-state index is 12.1. The third kappa shape index (κ3) is 5.06. The number of nitrogens with one attached hydrogen (secondary N) is 2. The van der Waals surface area contributed by atoms with Crippen LogP contribution in [0.2, 0.25) is 0 Å². The van der Waals surface area contributed by atoms with E-state index in [9.17, 15) is 26.4 Å². The highest BCUT2D eigenvalue weighted by Gasteiger charge is 2.31. The highest BCUT2D eigenvalue weighted by Crippen LogP contribution is 2.26. The van der Waals surface area contributed by atoms with Crippen molar-refractivity contribution in [3.63, 3.8) is 0 Å². The molecule has 0 fully saturated rings. The Hall–Kier alpha value is -2.41. The summed E-state index contributed by atoms with van der Waals surface area (Å²) in [5.41, 5.74) is 0.000742. The molecule has 0 radical (unpaired) electrons. The van der Waals surface area contributed by atoms with Crippen molar-refractivity contribution in [2.75, 3.05) is 10.0 Å². The molecule has 8 nitrogen and oxygen atoms in total. The van der Waals surface area contributed by atoms with E-state index in [1.165, 1.54) is 6.92 Å². The number of amides is 1. The number of halogens is 3. The molecule has 2 aromatic rings. The van der Waals surface area contributed by atoms with Crippen molar-refractivity contribution in [2.24, 2.45) is 0 Å². The maximum Gasteiger partial charge on any atom is 0.573 e. The van der Waals surface area contributed by atoms with Crippen LogP contribution in [-0.2, 0) is 14.8 Å². The Balaban J connectivity index is 2.11. The standard InChI is InChI=1S/C11H9F3N4O4S2/c1-6(19)15-9-16-17-10(23-9)24(20,21)18-7-2-4-8(5-3-7)22-11(12,13)14/h2-5,18H,1H3,(H,15,16,19). The topological polar surface area (TPSA) is 110 Å². The Labute approximate surface area is 137 Å². The number of aromatic nitrogens is 2. The van der Waals surface area contributed by atoms with E-state index in [2.05, 4.69) is 25.0 Å². The van der Waals surface area contributed by atoms with Gasteiger partial charge in [0, 0.05) is 12.6 Å². The van der Waals surface area contributed by atoms with Crippen LogP contribution in [0.15, 0.2) is 28.6 Å². The highest BCUT2D eigenvalue weighted by atomic mass is 32.2. The molecule has 0 aliphatic heterocycles. The third-order valence-electron chi connectivity index (χ3n) is 2.26. The monoisotopic (exact) mass is 382 g/mol. The first kappa shape index (κ1) is 17.9. The van der Waals surface area contributed by atoms with E-state index in [1.54, 1.807) is 0 Å². The Morgan fingerprint density at radius 2 is 1.83 bits per heavy atom. The number of rotatable bonds is 5. The Morgan fingerprint density at radius 1 is 1.21 bits per heavy atom. The average molecular weight is 382 g/mol. The number of ether oxygens (including phenoxy) is 1. The van der Waals surface area contributed by atoms with Gasteiger partial charge in [-0.2, -0.15) is 8.42 Å². The van der Waals surface area contributed by atoms with Gasteiger partial charge in [-0.25, -0.2) is 0 Å². The molecule has 13 heteroatoms. The number of anilines is 2. The molecule has 1 amide bonds. The van der Waals surface area contributed by atoms with Crippen LogP contribution in [0.1, 0.15) is 6.92 Å². The number of hydrogen-bond acceptors (Lipinski definition) is 7. The van der Waals surface area contributed by atoms with Gasteiger partial charge in [0.1, 0.15) is 5.75 Å². The number of alkyl halides is 3. The van der Waals surface area contributed by atoms with E-state index in [0.29, 0.717) is 11.3 Å². The predicted molar refractivity (Wildman–Crippen MR) is 78.1 cm³/mol. The minimum absolute atomic E-state index is 0.000742. The van der Waals surface area contributed by atoms with Crippen molar-refractivity contribution in [1.82, 2.24) is 10.2 Å². The van der Waals surface area contributed by atoms with E-state index in [1.807, 2.05) is 0 Å². The first-order valence-electron chi connectivity index (χ1n) is 6.05. The van der Waals surface area contributed by atoms with Gasteiger partial charge in [0.25, 0.3) is 14.4 Å². The normalized spacial score (nSPS) is 11.8. The fraction of sp³-hybridized carbons (Fsp3) is 0.182. The van der Waals surface area contributed by atoms with Crippen LogP contribution in [0.3, 0.4) is 0 Å². The second-order valence-corrected chi connectivity index (χ2v) is 7.07. The molecule has 1 heterocycles. The zero-order valence-corrected chi connectivity index (χ0v) is 13.4. The number of benzene rings is 1. The summed E-state index contributed by atoms with van der Waals surface area (Å²) >= 11 is 0.620. The molecular weight excluding hydrogens is 373 g/mol. The quantitative estimate of drug-likeness (QED) is 0.767. The molecule has 0 saturated carbocycles.